The van der Waals surface area contributed by atoms with E-state index in [0.717, 1.165) is 5.56 Å². The van der Waals surface area contributed by atoms with Crippen LogP contribution in [0, 0.1) is 0 Å². The average Bonchev–Trinajstić information content (AvgIpc) is 3.10. The summed E-state index contributed by atoms with van der Waals surface area (Å²) in [6, 6.07) is 18.3. The Hall–Kier alpha value is -3.28. The molecule has 3 aromatic rings. The molecule has 0 bridgehead atoms. The largest absolute Gasteiger partial charge is 0.507 e. The van der Waals surface area contributed by atoms with E-state index in [-0.39, 0.29) is 21.8 Å². The van der Waals surface area contributed by atoms with Gasteiger partial charge in [0.15, 0.2) is 0 Å². The number of rotatable bonds is 4. The molecule has 0 saturated carbocycles. The molecule has 35 heavy (non-hydrogen) atoms. The number of halogens is 2. The maximum Gasteiger partial charge on any atom is 0.300 e. The van der Waals surface area contributed by atoms with E-state index in [0.29, 0.717) is 27.6 Å². The van der Waals surface area contributed by atoms with E-state index < -0.39 is 17.7 Å². The van der Waals surface area contributed by atoms with Gasteiger partial charge in [0.05, 0.1) is 28.8 Å². The fourth-order valence-corrected chi connectivity index (χ4v) is 4.42. The molecule has 1 N–H and O–H groups in total. The van der Waals surface area contributed by atoms with Gasteiger partial charge in [0.25, 0.3) is 11.7 Å². The van der Waals surface area contributed by atoms with E-state index in [9.17, 15) is 14.7 Å². The van der Waals surface area contributed by atoms with Crippen molar-refractivity contribution in [1.29, 1.82) is 0 Å². The molecule has 3 aromatic carbocycles. The van der Waals surface area contributed by atoms with Crippen molar-refractivity contribution in [2.75, 3.05) is 12.0 Å². The van der Waals surface area contributed by atoms with Crippen LogP contribution in [0.1, 0.15) is 43.5 Å². The summed E-state index contributed by atoms with van der Waals surface area (Å²) in [5.74, 6) is -1.20. The maximum absolute atomic E-state index is 13.3. The Bertz CT molecular complexity index is 1320. The number of ether oxygens (including phenoxy) is 1. The highest BCUT2D eigenvalue weighted by atomic mass is 35.5. The lowest BCUT2D eigenvalue weighted by atomic mass is 9.87. The SMILES string of the molecule is COc1ccc(C2/C(=C(/O)c3ccc(Cl)c(Cl)c3)C(=O)C(=O)N2c2ccc(C(C)(C)C)cc2)cc1. The number of nitrogens with zero attached hydrogens (tertiary/aromatic N) is 1. The van der Waals surface area contributed by atoms with Crippen LogP contribution in [0.3, 0.4) is 0 Å². The van der Waals surface area contributed by atoms with Gasteiger partial charge in [-0.25, -0.2) is 0 Å². The molecule has 1 heterocycles. The van der Waals surface area contributed by atoms with Crippen LogP contribution in [-0.4, -0.2) is 23.9 Å². The predicted octanol–water partition coefficient (Wildman–Crippen LogP) is 6.93. The van der Waals surface area contributed by atoms with Gasteiger partial charge >= 0.3 is 0 Å². The third kappa shape index (κ3) is 4.66. The molecule has 180 valence electrons. The fraction of sp³-hybridized carbons (Fsp3) is 0.214. The van der Waals surface area contributed by atoms with E-state index in [1.165, 1.54) is 17.0 Å². The number of methoxy groups -OCH3 is 1. The summed E-state index contributed by atoms with van der Waals surface area (Å²) in [6.07, 6.45) is 0. The topological polar surface area (TPSA) is 66.8 Å². The summed E-state index contributed by atoms with van der Waals surface area (Å²) in [4.78, 5) is 28.0. The van der Waals surface area contributed by atoms with Gasteiger partial charge in [-0.3, -0.25) is 14.5 Å². The Balaban J connectivity index is 1.91. The third-order valence-corrected chi connectivity index (χ3v) is 6.82. The molecular weight excluding hydrogens is 485 g/mol. The number of ketones is 1. The Labute approximate surface area is 214 Å². The van der Waals surface area contributed by atoms with E-state index in [2.05, 4.69) is 20.8 Å². The van der Waals surface area contributed by atoms with Gasteiger partial charge in [-0.15, -0.1) is 0 Å². The van der Waals surface area contributed by atoms with Crippen LogP contribution in [0.2, 0.25) is 10.0 Å². The predicted molar refractivity (Wildman–Crippen MR) is 139 cm³/mol. The van der Waals surface area contributed by atoms with Crippen LogP contribution in [0.5, 0.6) is 5.75 Å². The van der Waals surface area contributed by atoms with Crippen molar-refractivity contribution in [3.8, 4) is 5.75 Å². The number of amides is 1. The Morgan fingerprint density at radius 2 is 1.54 bits per heavy atom. The molecule has 1 aliphatic rings. The first-order valence-electron chi connectivity index (χ1n) is 11.0. The van der Waals surface area contributed by atoms with E-state index in [1.807, 2.05) is 24.3 Å². The van der Waals surface area contributed by atoms with Crippen LogP contribution in [0.15, 0.2) is 72.3 Å². The van der Waals surface area contributed by atoms with Crippen LogP contribution in [0.25, 0.3) is 5.76 Å². The first-order valence-corrected chi connectivity index (χ1v) is 11.8. The molecule has 1 unspecified atom stereocenters. The van der Waals surface area contributed by atoms with E-state index >= 15 is 0 Å². The van der Waals surface area contributed by atoms with Gasteiger partial charge in [0.2, 0.25) is 0 Å². The quantitative estimate of drug-likeness (QED) is 0.235. The summed E-state index contributed by atoms with van der Waals surface area (Å²) >= 11 is 12.2. The second kappa shape index (κ2) is 9.40. The number of Topliss-reactive ketones (excluding diaryl/α,β-unsaturated/α-hetero) is 1. The number of aliphatic hydroxyl groups excluding tert-OH is 1. The van der Waals surface area contributed by atoms with Crippen molar-refractivity contribution in [3.05, 3.63) is 99.0 Å². The second-order valence-corrected chi connectivity index (χ2v) is 10.2. The Morgan fingerprint density at radius 1 is 0.914 bits per heavy atom. The van der Waals surface area contributed by atoms with Crippen molar-refractivity contribution in [2.45, 2.75) is 32.2 Å². The molecule has 0 aromatic heterocycles. The summed E-state index contributed by atoms with van der Waals surface area (Å²) in [5, 5.41) is 11.8. The van der Waals surface area contributed by atoms with Gasteiger partial charge in [-0.05, 0) is 59.0 Å². The van der Waals surface area contributed by atoms with Gasteiger partial charge in [-0.2, -0.15) is 0 Å². The summed E-state index contributed by atoms with van der Waals surface area (Å²) in [7, 11) is 1.56. The van der Waals surface area contributed by atoms with Crippen LogP contribution >= 0.6 is 23.2 Å². The molecule has 5 nitrogen and oxygen atoms in total. The normalized spacial score (nSPS) is 17.7. The maximum atomic E-state index is 13.3. The number of carbonyl (C=O) groups excluding carboxylic acids is 2. The van der Waals surface area contributed by atoms with E-state index in [4.69, 9.17) is 27.9 Å². The summed E-state index contributed by atoms with van der Waals surface area (Å²) in [5.41, 5.74) is 2.48. The molecule has 0 aliphatic carbocycles. The van der Waals surface area contributed by atoms with Gasteiger partial charge in [-0.1, -0.05) is 68.2 Å². The molecule has 1 fully saturated rings. The minimum Gasteiger partial charge on any atom is -0.507 e. The zero-order chi connectivity index (χ0) is 25.5. The van der Waals surface area contributed by atoms with Crippen molar-refractivity contribution in [2.24, 2.45) is 0 Å². The van der Waals surface area contributed by atoms with Crippen LogP contribution in [0.4, 0.5) is 5.69 Å². The monoisotopic (exact) mass is 509 g/mol. The molecule has 1 saturated heterocycles. The molecular formula is C28H25Cl2NO4. The number of hydrogen-bond donors (Lipinski definition) is 1. The third-order valence-electron chi connectivity index (χ3n) is 6.08. The summed E-state index contributed by atoms with van der Waals surface area (Å²) < 4.78 is 5.26. The molecule has 4 rings (SSSR count). The van der Waals surface area contributed by atoms with Crippen LogP contribution < -0.4 is 9.64 Å². The zero-order valence-electron chi connectivity index (χ0n) is 19.8. The molecule has 0 radical (unpaired) electrons. The average molecular weight is 510 g/mol. The van der Waals surface area contributed by atoms with Gasteiger partial charge in [0.1, 0.15) is 11.5 Å². The van der Waals surface area contributed by atoms with Crippen molar-refractivity contribution < 1.29 is 19.4 Å². The highest BCUT2D eigenvalue weighted by molar-refractivity contribution is 6.51. The standard InChI is InChI=1S/C28H25Cl2NO4/c1-28(2,3)18-8-10-19(11-9-18)31-24(16-5-12-20(35-4)13-6-16)23(26(33)27(31)34)25(32)17-7-14-21(29)22(30)15-17/h5-15,24,32H,1-4H3/b25-23-. The minimum absolute atomic E-state index is 0.0292. The Morgan fingerprint density at radius 3 is 2.09 bits per heavy atom. The molecule has 1 amide bonds. The summed E-state index contributed by atoms with van der Waals surface area (Å²) in [6.45, 7) is 6.30. The van der Waals surface area contributed by atoms with E-state index in [1.54, 1.807) is 37.4 Å². The Kier molecular flexibility index (Phi) is 6.67. The second-order valence-electron chi connectivity index (χ2n) is 9.37. The molecule has 1 atom stereocenters. The minimum atomic E-state index is -0.851. The highest BCUT2D eigenvalue weighted by Crippen LogP contribution is 2.43. The lowest BCUT2D eigenvalue weighted by molar-refractivity contribution is -0.132. The highest BCUT2D eigenvalue weighted by Gasteiger charge is 2.47. The number of anilines is 1. The smallest absolute Gasteiger partial charge is 0.300 e. The fourth-order valence-electron chi connectivity index (χ4n) is 4.12. The number of benzene rings is 3. The van der Waals surface area contributed by atoms with Gasteiger partial charge < -0.3 is 9.84 Å². The molecule has 0 spiro atoms. The lowest BCUT2D eigenvalue weighted by Crippen LogP contribution is -2.29. The van der Waals surface area contributed by atoms with Crippen molar-refractivity contribution in [1.82, 2.24) is 0 Å². The molecule has 1 aliphatic heterocycles. The first kappa shape index (κ1) is 24.8. The molecule has 7 heteroatoms. The first-order chi connectivity index (χ1) is 16.5. The number of aliphatic hydroxyl groups is 1. The van der Waals surface area contributed by atoms with Crippen molar-refractivity contribution >= 4 is 46.3 Å². The lowest BCUT2D eigenvalue weighted by Gasteiger charge is -2.27. The number of hydrogen-bond acceptors (Lipinski definition) is 4. The zero-order valence-corrected chi connectivity index (χ0v) is 21.3. The van der Waals surface area contributed by atoms with Crippen LogP contribution in [-0.2, 0) is 15.0 Å². The van der Waals surface area contributed by atoms with Crippen molar-refractivity contribution in [3.63, 3.8) is 0 Å². The van der Waals surface area contributed by atoms with Gasteiger partial charge in [0, 0.05) is 11.3 Å². The number of carbonyl (C=O) groups is 2.